The number of fused-ring (bicyclic) bond motifs is 3. The first-order chi connectivity index (χ1) is 13.1. The second-order valence-electron chi connectivity index (χ2n) is 7.36. The second-order valence-corrected chi connectivity index (χ2v) is 7.36. The van der Waals surface area contributed by atoms with E-state index in [4.69, 9.17) is 4.74 Å². The van der Waals surface area contributed by atoms with Gasteiger partial charge in [-0.3, -0.25) is 19.3 Å². The van der Waals surface area contributed by atoms with Gasteiger partial charge in [0.1, 0.15) is 6.04 Å². The van der Waals surface area contributed by atoms with Crippen LogP contribution in [0.2, 0.25) is 0 Å². The van der Waals surface area contributed by atoms with E-state index >= 15 is 0 Å². The lowest BCUT2D eigenvalue weighted by molar-refractivity contribution is -0.122. The molecule has 1 aromatic rings. The molecule has 1 aromatic carbocycles. The minimum absolute atomic E-state index is 0.0265. The summed E-state index contributed by atoms with van der Waals surface area (Å²) in [6, 6.07) is 4.85. The molecule has 0 aromatic heterocycles. The van der Waals surface area contributed by atoms with Gasteiger partial charge in [0.05, 0.1) is 17.5 Å². The maximum absolute atomic E-state index is 12.9. The number of carbonyl (C=O) groups is 3. The predicted molar refractivity (Wildman–Crippen MR) is 101 cm³/mol. The van der Waals surface area contributed by atoms with Crippen LogP contribution in [0.5, 0.6) is 0 Å². The Bertz CT molecular complexity index is 772. The van der Waals surface area contributed by atoms with Gasteiger partial charge in [0.25, 0.3) is 5.91 Å². The fourth-order valence-electron chi connectivity index (χ4n) is 4.17. The maximum atomic E-state index is 12.9. The summed E-state index contributed by atoms with van der Waals surface area (Å²) in [6.45, 7) is 3.82. The Morgan fingerprint density at radius 2 is 2.11 bits per heavy atom. The molecule has 3 amide bonds. The molecule has 0 spiro atoms. The summed E-state index contributed by atoms with van der Waals surface area (Å²) in [7, 11) is 0. The van der Waals surface area contributed by atoms with Crippen molar-refractivity contribution in [1.29, 1.82) is 0 Å². The molecule has 4 rings (SSSR count). The first-order valence-corrected chi connectivity index (χ1v) is 9.77. The van der Waals surface area contributed by atoms with Gasteiger partial charge < -0.3 is 15.0 Å². The van der Waals surface area contributed by atoms with E-state index in [1.807, 2.05) is 6.92 Å². The fraction of sp³-hybridized carbons (Fsp3) is 0.550. The van der Waals surface area contributed by atoms with Crippen molar-refractivity contribution in [3.8, 4) is 0 Å². The molecule has 3 heterocycles. The molecule has 0 saturated carbocycles. The number of nitrogens with one attached hydrogen (secondary N) is 1. The van der Waals surface area contributed by atoms with Crippen LogP contribution in [-0.2, 0) is 14.3 Å². The Morgan fingerprint density at radius 1 is 1.26 bits per heavy atom. The SMILES string of the molecule is CCCN1C(=O)C2CCC(=O)N2c2ccc(C(=O)NCC3CCCO3)cc21. The first kappa shape index (κ1) is 18.0. The third-order valence-electron chi connectivity index (χ3n) is 5.51. The van der Waals surface area contributed by atoms with Crippen molar-refractivity contribution in [2.45, 2.75) is 51.2 Å². The molecular weight excluding hydrogens is 346 g/mol. The lowest BCUT2D eigenvalue weighted by atomic mass is 10.0. The van der Waals surface area contributed by atoms with E-state index in [2.05, 4.69) is 5.32 Å². The molecule has 2 unspecified atom stereocenters. The third-order valence-corrected chi connectivity index (χ3v) is 5.51. The number of ether oxygens (including phenoxy) is 1. The first-order valence-electron chi connectivity index (χ1n) is 9.77. The van der Waals surface area contributed by atoms with Crippen molar-refractivity contribution in [3.05, 3.63) is 23.8 Å². The summed E-state index contributed by atoms with van der Waals surface area (Å²) >= 11 is 0. The number of hydrogen-bond acceptors (Lipinski definition) is 4. The van der Waals surface area contributed by atoms with Crippen molar-refractivity contribution >= 4 is 29.1 Å². The van der Waals surface area contributed by atoms with Crippen molar-refractivity contribution in [3.63, 3.8) is 0 Å². The van der Waals surface area contributed by atoms with Crippen LogP contribution in [0.1, 0.15) is 49.4 Å². The largest absolute Gasteiger partial charge is 0.376 e. The van der Waals surface area contributed by atoms with Crippen LogP contribution in [0.25, 0.3) is 0 Å². The highest BCUT2D eigenvalue weighted by Gasteiger charge is 2.44. The minimum atomic E-state index is -0.407. The van der Waals surface area contributed by atoms with Crippen molar-refractivity contribution in [2.75, 3.05) is 29.5 Å². The third kappa shape index (κ3) is 3.20. The van der Waals surface area contributed by atoms with Gasteiger partial charge in [-0.15, -0.1) is 0 Å². The Morgan fingerprint density at radius 3 is 2.85 bits per heavy atom. The molecule has 2 saturated heterocycles. The Kier molecular flexibility index (Phi) is 4.86. The highest BCUT2D eigenvalue weighted by molar-refractivity contribution is 6.15. The molecule has 0 aliphatic carbocycles. The zero-order chi connectivity index (χ0) is 19.0. The van der Waals surface area contributed by atoms with Crippen molar-refractivity contribution < 1.29 is 19.1 Å². The molecule has 27 heavy (non-hydrogen) atoms. The van der Waals surface area contributed by atoms with Gasteiger partial charge in [-0.05, 0) is 43.9 Å². The number of rotatable bonds is 5. The van der Waals surface area contributed by atoms with E-state index in [0.717, 1.165) is 31.6 Å². The molecule has 0 radical (unpaired) electrons. The van der Waals surface area contributed by atoms with E-state index in [0.29, 0.717) is 37.2 Å². The Hall–Kier alpha value is -2.41. The standard InChI is InChI=1S/C20H25N3O4/c1-2-9-22-17-11-13(19(25)21-12-14-4-3-10-27-14)5-6-15(17)23-16(20(22)26)7-8-18(23)24/h5-6,11,14,16H,2-4,7-10,12H2,1H3,(H,21,25). The average Bonchev–Trinajstić information content (AvgIpc) is 3.32. The van der Waals surface area contributed by atoms with Crippen molar-refractivity contribution in [2.24, 2.45) is 0 Å². The highest BCUT2D eigenvalue weighted by atomic mass is 16.5. The molecule has 7 heteroatoms. The van der Waals surface area contributed by atoms with E-state index in [1.165, 1.54) is 0 Å². The molecule has 2 atom stereocenters. The maximum Gasteiger partial charge on any atom is 0.251 e. The number of amides is 3. The summed E-state index contributed by atoms with van der Waals surface area (Å²) in [5.74, 6) is -0.263. The van der Waals surface area contributed by atoms with Gasteiger partial charge in [0, 0.05) is 31.7 Å². The smallest absolute Gasteiger partial charge is 0.251 e. The van der Waals surface area contributed by atoms with E-state index in [1.54, 1.807) is 28.0 Å². The highest BCUT2D eigenvalue weighted by Crippen LogP contribution is 2.41. The number of carbonyl (C=O) groups excluding carboxylic acids is 3. The second kappa shape index (κ2) is 7.31. The van der Waals surface area contributed by atoms with Gasteiger partial charge in [-0.1, -0.05) is 6.92 Å². The molecule has 3 aliphatic rings. The van der Waals surface area contributed by atoms with E-state index < -0.39 is 6.04 Å². The van der Waals surface area contributed by atoms with Crippen molar-refractivity contribution in [1.82, 2.24) is 5.32 Å². The van der Waals surface area contributed by atoms with Crippen LogP contribution in [0.15, 0.2) is 18.2 Å². The zero-order valence-corrected chi connectivity index (χ0v) is 15.6. The molecule has 0 bridgehead atoms. The summed E-state index contributed by atoms with van der Waals surface area (Å²) in [5.41, 5.74) is 1.87. The van der Waals surface area contributed by atoms with Gasteiger partial charge in [-0.2, -0.15) is 0 Å². The molecular formula is C20H25N3O4. The van der Waals surface area contributed by atoms with E-state index in [-0.39, 0.29) is 23.8 Å². The molecule has 144 valence electrons. The van der Waals surface area contributed by atoms with Crippen LogP contribution in [0, 0.1) is 0 Å². The molecule has 2 fully saturated rings. The molecule has 3 aliphatic heterocycles. The van der Waals surface area contributed by atoms with Crippen LogP contribution < -0.4 is 15.1 Å². The van der Waals surface area contributed by atoms with Gasteiger partial charge in [0.15, 0.2) is 0 Å². The number of anilines is 2. The summed E-state index contributed by atoms with van der Waals surface area (Å²) in [6.07, 6.45) is 3.81. The normalized spacial score (nSPS) is 24.2. The molecule has 7 nitrogen and oxygen atoms in total. The Labute approximate surface area is 158 Å². The monoisotopic (exact) mass is 371 g/mol. The van der Waals surface area contributed by atoms with Gasteiger partial charge in [0.2, 0.25) is 11.8 Å². The summed E-state index contributed by atoms with van der Waals surface area (Å²) in [4.78, 5) is 41.1. The average molecular weight is 371 g/mol. The quantitative estimate of drug-likeness (QED) is 0.857. The number of nitrogens with zero attached hydrogens (tertiary/aromatic N) is 2. The lowest BCUT2D eigenvalue weighted by Crippen LogP contribution is -2.52. The summed E-state index contributed by atoms with van der Waals surface area (Å²) in [5, 5.41) is 2.91. The van der Waals surface area contributed by atoms with Crippen LogP contribution in [0.3, 0.4) is 0 Å². The topological polar surface area (TPSA) is 79.0 Å². The summed E-state index contributed by atoms with van der Waals surface area (Å²) < 4.78 is 5.54. The zero-order valence-electron chi connectivity index (χ0n) is 15.6. The van der Waals surface area contributed by atoms with Crippen LogP contribution in [0.4, 0.5) is 11.4 Å². The van der Waals surface area contributed by atoms with Crippen LogP contribution >= 0.6 is 0 Å². The van der Waals surface area contributed by atoms with Gasteiger partial charge in [-0.25, -0.2) is 0 Å². The molecule has 1 N–H and O–H groups in total. The number of hydrogen-bond donors (Lipinski definition) is 1. The number of benzene rings is 1. The predicted octanol–water partition coefficient (Wildman–Crippen LogP) is 1.85. The Balaban J connectivity index is 1.61. The fourth-order valence-corrected chi connectivity index (χ4v) is 4.17. The lowest BCUT2D eigenvalue weighted by Gasteiger charge is -2.38. The van der Waals surface area contributed by atoms with Crippen LogP contribution in [-0.4, -0.2) is 49.6 Å². The minimum Gasteiger partial charge on any atom is -0.376 e. The van der Waals surface area contributed by atoms with Gasteiger partial charge >= 0.3 is 0 Å². The van der Waals surface area contributed by atoms with E-state index in [9.17, 15) is 14.4 Å².